The first-order valence-electron chi connectivity index (χ1n) is 6.30. The average molecular weight is 236 g/mol. The molecule has 0 saturated heterocycles. The van der Waals surface area contributed by atoms with Crippen molar-refractivity contribution in [3.63, 3.8) is 0 Å². The van der Waals surface area contributed by atoms with Gasteiger partial charge in [-0.2, -0.15) is 0 Å². The molecule has 1 heterocycles. The van der Waals surface area contributed by atoms with Crippen LogP contribution in [0.25, 0.3) is 0 Å². The van der Waals surface area contributed by atoms with Crippen LogP contribution < -0.4 is 5.32 Å². The number of aromatic nitrogens is 1. The van der Waals surface area contributed by atoms with Crippen LogP contribution in [0, 0.1) is 6.92 Å². The predicted molar refractivity (Wildman–Crippen MR) is 64.9 cm³/mol. The van der Waals surface area contributed by atoms with Crippen molar-refractivity contribution in [3.8, 4) is 0 Å². The van der Waals surface area contributed by atoms with Crippen LogP contribution in [0.2, 0.25) is 0 Å². The summed E-state index contributed by atoms with van der Waals surface area (Å²) in [4.78, 5) is 11.3. The summed E-state index contributed by atoms with van der Waals surface area (Å²) in [5.41, 5.74) is 2.08. The third kappa shape index (κ3) is 2.35. The lowest BCUT2D eigenvalue weighted by molar-refractivity contribution is -0.120. The molecule has 1 N–H and O–H groups in total. The first-order chi connectivity index (χ1) is 8.13. The topological polar surface area (TPSA) is 55.1 Å². The van der Waals surface area contributed by atoms with Gasteiger partial charge < -0.3 is 9.84 Å². The van der Waals surface area contributed by atoms with Crippen LogP contribution in [0.15, 0.2) is 4.52 Å². The van der Waals surface area contributed by atoms with Crippen LogP contribution in [0.1, 0.15) is 61.5 Å². The van der Waals surface area contributed by atoms with Gasteiger partial charge in [-0.15, -0.1) is 0 Å². The van der Waals surface area contributed by atoms with Gasteiger partial charge in [0.2, 0.25) is 5.91 Å². The molecule has 4 heteroatoms. The van der Waals surface area contributed by atoms with E-state index in [2.05, 4.69) is 17.4 Å². The normalized spacial score (nSPS) is 17.6. The van der Waals surface area contributed by atoms with Gasteiger partial charge in [0.15, 0.2) is 0 Å². The highest BCUT2D eigenvalue weighted by atomic mass is 16.5. The summed E-state index contributed by atoms with van der Waals surface area (Å²) in [6.45, 7) is 4.07. The van der Waals surface area contributed by atoms with E-state index in [0.29, 0.717) is 12.3 Å². The number of amides is 1. The molecule has 0 bridgehead atoms. The molecule has 1 unspecified atom stereocenters. The van der Waals surface area contributed by atoms with Gasteiger partial charge in [0.25, 0.3) is 0 Å². The minimum Gasteiger partial charge on any atom is -0.361 e. The number of nitrogens with one attached hydrogen (secondary N) is 1. The first-order valence-corrected chi connectivity index (χ1v) is 6.30. The standard InChI is InChI=1S/C13H20N2O2/c1-8(7-11(16)14-3)12-9(2)13(17-15-12)10-5-4-6-10/h8,10H,4-7H2,1-3H3,(H,14,16). The average Bonchev–Trinajstić information content (AvgIpc) is 2.58. The molecule has 1 aliphatic carbocycles. The van der Waals surface area contributed by atoms with E-state index in [1.807, 2.05) is 6.92 Å². The molecule has 0 radical (unpaired) electrons. The lowest BCUT2D eigenvalue weighted by Gasteiger charge is -2.23. The van der Waals surface area contributed by atoms with Crippen LogP contribution in [0.3, 0.4) is 0 Å². The zero-order valence-electron chi connectivity index (χ0n) is 10.7. The van der Waals surface area contributed by atoms with Crippen LogP contribution >= 0.6 is 0 Å². The smallest absolute Gasteiger partial charge is 0.220 e. The molecule has 0 spiro atoms. The fourth-order valence-corrected chi connectivity index (χ4v) is 2.35. The molecular weight excluding hydrogens is 216 g/mol. The van der Waals surface area contributed by atoms with Crippen molar-refractivity contribution in [2.75, 3.05) is 7.05 Å². The van der Waals surface area contributed by atoms with Gasteiger partial charge in [-0.25, -0.2) is 0 Å². The molecule has 17 heavy (non-hydrogen) atoms. The van der Waals surface area contributed by atoms with Crippen molar-refractivity contribution in [2.45, 2.75) is 51.4 Å². The Kier molecular flexibility index (Phi) is 3.50. The van der Waals surface area contributed by atoms with E-state index in [4.69, 9.17) is 4.52 Å². The minimum atomic E-state index is 0.0464. The molecule has 94 valence electrons. The minimum absolute atomic E-state index is 0.0464. The Bertz CT molecular complexity index is 408. The highest BCUT2D eigenvalue weighted by Crippen LogP contribution is 2.39. The van der Waals surface area contributed by atoms with Gasteiger partial charge >= 0.3 is 0 Å². The fourth-order valence-electron chi connectivity index (χ4n) is 2.35. The van der Waals surface area contributed by atoms with Gasteiger partial charge in [-0.3, -0.25) is 4.79 Å². The zero-order chi connectivity index (χ0) is 12.4. The molecule has 1 aromatic heterocycles. The Hall–Kier alpha value is -1.32. The molecule has 2 rings (SSSR count). The van der Waals surface area contributed by atoms with Gasteiger partial charge in [-0.05, 0) is 19.8 Å². The summed E-state index contributed by atoms with van der Waals surface area (Å²) in [6.07, 6.45) is 4.17. The number of hydrogen-bond acceptors (Lipinski definition) is 3. The van der Waals surface area contributed by atoms with Crippen molar-refractivity contribution >= 4 is 5.91 Å². The van der Waals surface area contributed by atoms with E-state index in [-0.39, 0.29) is 11.8 Å². The fraction of sp³-hybridized carbons (Fsp3) is 0.692. The molecule has 0 aliphatic heterocycles. The van der Waals surface area contributed by atoms with E-state index in [1.54, 1.807) is 7.05 Å². The largest absolute Gasteiger partial charge is 0.361 e. The summed E-state index contributed by atoms with van der Waals surface area (Å²) in [7, 11) is 1.66. The maximum atomic E-state index is 11.3. The van der Waals surface area contributed by atoms with Crippen LogP contribution in [-0.4, -0.2) is 18.1 Å². The van der Waals surface area contributed by atoms with Gasteiger partial charge in [0.05, 0.1) is 5.69 Å². The Morgan fingerprint density at radius 1 is 1.59 bits per heavy atom. The molecule has 1 atom stereocenters. The van der Waals surface area contributed by atoms with Gasteiger partial charge in [0, 0.05) is 30.9 Å². The zero-order valence-corrected chi connectivity index (χ0v) is 10.7. The van der Waals surface area contributed by atoms with E-state index in [9.17, 15) is 4.79 Å². The van der Waals surface area contributed by atoms with Gasteiger partial charge in [-0.1, -0.05) is 18.5 Å². The SMILES string of the molecule is CNC(=O)CC(C)c1noc(C2CCC2)c1C. The van der Waals surface area contributed by atoms with Crippen molar-refractivity contribution in [1.29, 1.82) is 0 Å². The number of hydrogen-bond donors (Lipinski definition) is 1. The van der Waals surface area contributed by atoms with Crippen molar-refractivity contribution in [2.24, 2.45) is 0 Å². The van der Waals surface area contributed by atoms with Crippen molar-refractivity contribution in [3.05, 3.63) is 17.0 Å². The molecule has 4 nitrogen and oxygen atoms in total. The molecule has 1 fully saturated rings. The summed E-state index contributed by atoms with van der Waals surface area (Å²) < 4.78 is 5.45. The molecule has 0 aromatic carbocycles. The van der Waals surface area contributed by atoms with Crippen LogP contribution in [0.5, 0.6) is 0 Å². The maximum absolute atomic E-state index is 11.3. The summed E-state index contributed by atoms with van der Waals surface area (Å²) >= 11 is 0. The Morgan fingerprint density at radius 2 is 2.29 bits per heavy atom. The number of carbonyl (C=O) groups is 1. The third-order valence-corrected chi connectivity index (χ3v) is 3.71. The summed E-state index contributed by atoms with van der Waals surface area (Å²) in [5.74, 6) is 1.76. The number of carbonyl (C=O) groups excluding carboxylic acids is 1. The highest BCUT2D eigenvalue weighted by molar-refractivity contribution is 5.76. The monoisotopic (exact) mass is 236 g/mol. The Labute approximate surface area is 102 Å². The molecular formula is C13H20N2O2. The lowest BCUT2D eigenvalue weighted by Crippen LogP contribution is -2.20. The highest BCUT2D eigenvalue weighted by Gasteiger charge is 2.28. The van der Waals surface area contributed by atoms with E-state index < -0.39 is 0 Å². The van der Waals surface area contributed by atoms with E-state index >= 15 is 0 Å². The Morgan fingerprint density at radius 3 is 2.82 bits per heavy atom. The second-order valence-electron chi connectivity index (χ2n) is 4.96. The third-order valence-electron chi connectivity index (χ3n) is 3.71. The maximum Gasteiger partial charge on any atom is 0.220 e. The van der Waals surface area contributed by atoms with Crippen LogP contribution in [0.4, 0.5) is 0 Å². The van der Waals surface area contributed by atoms with Crippen molar-refractivity contribution in [1.82, 2.24) is 10.5 Å². The van der Waals surface area contributed by atoms with Crippen LogP contribution in [-0.2, 0) is 4.79 Å². The first kappa shape index (κ1) is 12.1. The van der Waals surface area contributed by atoms with Gasteiger partial charge in [0.1, 0.15) is 5.76 Å². The Balaban J connectivity index is 2.10. The quantitative estimate of drug-likeness (QED) is 0.873. The second-order valence-corrected chi connectivity index (χ2v) is 4.96. The van der Waals surface area contributed by atoms with E-state index in [0.717, 1.165) is 17.0 Å². The second kappa shape index (κ2) is 4.90. The van der Waals surface area contributed by atoms with E-state index in [1.165, 1.54) is 19.3 Å². The molecule has 1 aliphatic rings. The molecule has 1 saturated carbocycles. The molecule has 1 aromatic rings. The van der Waals surface area contributed by atoms with Crippen molar-refractivity contribution < 1.29 is 9.32 Å². The molecule has 1 amide bonds. The number of nitrogens with zero attached hydrogens (tertiary/aromatic N) is 1. The lowest BCUT2D eigenvalue weighted by atomic mass is 9.81. The summed E-state index contributed by atoms with van der Waals surface area (Å²) in [6, 6.07) is 0. The number of rotatable bonds is 4. The predicted octanol–water partition coefficient (Wildman–Crippen LogP) is 2.49. The summed E-state index contributed by atoms with van der Waals surface area (Å²) in [5, 5.41) is 6.79.